The number of likely N-dealkylation sites (N-methyl/N-ethyl adjacent to an activating group) is 1. The van der Waals surface area contributed by atoms with Gasteiger partial charge in [0.05, 0.1) is 0 Å². The topological polar surface area (TPSA) is 89.7 Å². The third-order valence-electron chi connectivity index (χ3n) is 4.42. The number of alkyl halides is 17. The lowest BCUT2D eigenvalue weighted by Crippen LogP contribution is -2.75. The van der Waals surface area contributed by atoms with E-state index in [-0.39, 0.29) is 12.7 Å². The third-order valence-corrected chi connectivity index (χ3v) is 6.33. The maximum atomic E-state index is 14.0. The van der Waals surface area contributed by atoms with Crippen molar-refractivity contribution in [2.75, 3.05) is 20.2 Å². The highest BCUT2D eigenvalue weighted by Gasteiger charge is 2.96. The molecule has 0 amide bonds. The number of carbonyl (C=O) groups is 1. The lowest BCUT2D eigenvalue weighted by molar-refractivity contribution is -0.458. The van der Waals surface area contributed by atoms with Crippen molar-refractivity contribution in [2.45, 2.75) is 53.9 Å². The van der Waals surface area contributed by atoms with Crippen LogP contribution in [-0.2, 0) is 19.6 Å². The molecule has 0 aliphatic heterocycles. The summed E-state index contributed by atoms with van der Waals surface area (Å²) in [6, 6.07) is 0. The second-order valence-electron chi connectivity index (χ2n) is 7.34. The quantitative estimate of drug-likeness (QED) is 0.191. The highest BCUT2D eigenvalue weighted by Crippen LogP contribution is 2.64. The van der Waals surface area contributed by atoms with Crippen molar-refractivity contribution in [3.63, 3.8) is 0 Å². The van der Waals surface area contributed by atoms with Gasteiger partial charge in [0.15, 0.2) is 0 Å². The maximum Gasteiger partial charge on any atom is 0.460 e. The van der Waals surface area contributed by atoms with E-state index in [1.807, 2.05) is 0 Å². The Labute approximate surface area is 205 Å². The number of sulfonamides is 1. The van der Waals surface area contributed by atoms with Crippen LogP contribution in [-0.4, -0.2) is 85.9 Å². The van der Waals surface area contributed by atoms with E-state index in [4.69, 9.17) is 5.73 Å². The number of esters is 1. The number of nitrogens with zero attached hydrogens (tertiary/aromatic N) is 1. The molecule has 0 saturated heterocycles. The minimum atomic E-state index is -8.92. The number of halogens is 17. The summed E-state index contributed by atoms with van der Waals surface area (Å²) in [7, 11) is -7.63. The first-order valence-electron chi connectivity index (χ1n) is 9.01. The standard InChI is InChI=1S/C15H13F17N2O4S/c1-6(33)5-7(35)38-4-3-34(2)39(36,37)15(31,32)13(26,27)11(22,23)9(18,19)8(16,17)10(20,21)12(24,25)14(28,29)30/h5H,3-4,33H2,1-2H3/b6-5-. The van der Waals surface area contributed by atoms with E-state index in [1.54, 1.807) is 0 Å². The fourth-order valence-corrected chi connectivity index (χ4v) is 3.29. The normalized spacial score (nSPS) is 16.1. The minimum absolute atomic E-state index is 0.180. The molecule has 0 spiro atoms. The van der Waals surface area contributed by atoms with Gasteiger partial charge in [-0.3, -0.25) is 0 Å². The predicted octanol–water partition coefficient (Wildman–Crippen LogP) is 4.62. The van der Waals surface area contributed by atoms with E-state index in [2.05, 4.69) is 4.74 Å². The van der Waals surface area contributed by atoms with E-state index in [9.17, 15) is 87.8 Å². The van der Waals surface area contributed by atoms with Crippen LogP contribution in [0, 0.1) is 0 Å². The van der Waals surface area contributed by atoms with Crippen molar-refractivity contribution >= 4 is 16.0 Å². The fourth-order valence-electron chi connectivity index (χ4n) is 2.13. The lowest BCUT2D eigenvalue weighted by atomic mass is 9.91. The van der Waals surface area contributed by atoms with Crippen molar-refractivity contribution in [1.82, 2.24) is 4.31 Å². The molecule has 0 radical (unpaired) electrons. The Morgan fingerprint density at radius 3 is 1.38 bits per heavy atom. The summed E-state index contributed by atoms with van der Waals surface area (Å²) in [5.74, 6) is -53.5. The Kier molecular flexibility index (Phi) is 9.69. The molecule has 0 aromatic carbocycles. The summed E-state index contributed by atoms with van der Waals surface area (Å²) in [5, 5.41) is -7.68. The Bertz CT molecular complexity index is 1050. The van der Waals surface area contributed by atoms with Gasteiger partial charge in [0.25, 0.3) is 10.0 Å². The molecule has 0 fully saturated rings. The zero-order chi connectivity index (χ0) is 32.1. The van der Waals surface area contributed by atoms with Crippen molar-refractivity contribution < 1.29 is 92.6 Å². The first-order valence-corrected chi connectivity index (χ1v) is 10.4. The van der Waals surface area contributed by atoms with Crippen molar-refractivity contribution in [3.05, 3.63) is 11.8 Å². The molecule has 24 heteroatoms. The van der Waals surface area contributed by atoms with Crippen LogP contribution in [0.25, 0.3) is 0 Å². The molecular formula is C15H13F17N2O4S. The van der Waals surface area contributed by atoms with Gasteiger partial charge in [-0.15, -0.1) is 0 Å². The van der Waals surface area contributed by atoms with Gasteiger partial charge in [0.2, 0.25) is 0 Å². The van der Waals surface area contributed by atoms with Crippen LogP contribution < -0.4 is 5.73 Å². The molecule has 6 nitrogen and oxygen atoms in total. The van der Waals surface area contributed by atoms with E-state index in [0.717, 1.165) is 6.92 Å². The summed E-state index contributed by atoms with van der Waals surface area (Å²) < 4.78 is 252. The average molecular weight is 640 g/mol. The molecule has 0 aliphatic rings. The highest BCUT2D eigenvalue weighted by molar-refractivity contribution is 7.90. The number of hydrogen-bond acceptors (Lipinski definition) is 5. The van der Waals surface area contributed by atoms with Gasteiger partial charge >= 0.3 is 52.9 Å². The second-order valence-corrected chi connectivity index (χ2v) is 9.43. The van der Waals surface area contributed by atoms with Gasteiger partial charge in [-0.1, -0.05) is 0 Å². The number of rotatable bonds is 12. The molecule has 0 unspecified atom stereocenters. The molecule has 232 valence electrons. The molecule has 0 heterocycles. The Morgan fingerprint density at radius 2 is 1.05 bits per heavy atom. The number of ether oxygens (including phenoxy) is 1. The Balaban J connectivity index is 6.59. The van der Waals surface area contributed by atoms with Gasteiger partial charge in [0, 0.05) is 25.4 Å². The highest BCUT2D eigenvalue weighted by atomic mass is 32.2. The molecular weight excluding hydrogens is 627 g/mol. The molecule has 0 aliphatic carbocycles. The largest absolute Gasteiger partial charge is 0.461 e. The molecule has 0 aromatic heterocycles. The van der Waals surface area contributed by atoms with Crippen LogP contribution in [0.4, 0.5) is 74.6 Å². The number of hydrogen-bond donors (Lipinski definition) is 1. The molecule has 0 rings (SSSR count). The first kappa shape index (κ1) is 36.7. The van der Waals surface area contributed by atoms with Crippen LogP contribution in [0.2, 0.25) is 0 Å². The zero-order valence-corrected chi connectivity index (χ0v) is 19.3. The number of carbonyl (C=O) groups excluding carboxylic acids is 1. The van der Waals surface area contributed by atoms with E-state index < -0.39 is 80.4 Å². The number of nitrogens with two attached hydrogens (primary N) is 1. The van der Waals surface area contributed by atoms with Crippen molar-refractivity contribution in [1.29, 1.82) is 0 Å². The van der Waals surface area contributed by atoms with Gasteiger partial charge in [-0.25, -0.2) is 13.2 Å². The summed E-state index contributed by atoms with van der Waals surface area (Å²) in [6.07, 6.45) is -7.43. The van der Waals surface area contributed by atoms with Crippen LogP contribution in [0.1, 0.15) is 6.92 Å². The second kappa shape index (κ2) is 10.3. The van der Waals surface area contributed by atoms with Crippen molar-refractivity contribution in [2.24, 2.45) is 5.73 Å². The molecule has 0 bridgehead atoms. The molecule has 39 heavy (non-hydrogen) atoms. The molecule has 0 aromatic rings. The summed E-state index contributed by atoms with van der Waals surface area (Å²) >= 11 is 0. The Morgan fingerprint density at radius 1 is 0.718 bits per heavy atom. The van der Waals surface area contributed by atoms with Crippen LogP contribution in [0.15, 0.2) is 11.8 Å². The van der Waals surface area contributed by atoms with E-state index in [0.29, 0.717) is 6.08 Å². The molecule has 0 atom stereocenters. The van der Waals surface area contributed by atoms with Crippen molar-refractivity contribution in [3.8, 4) is 0 Å². The van der Waals surface area contributed by atoms with E-state index in [1.165, 1.54) is 0 Å². The smallest absolute Gasteiger partial charge is 0.460 e. The summed E-state index contributed by atoms with van der Waals surface area (Å²) in [4.78, 5) is 11.1. The lowest BCUT2D eigenvalue weighted by Gasteiger charge is -2.42. The average Bonchev–Trinajstić information content (AvgIpc) is 2.71. The van der Waals surface area contributed by atoms with Crippen LogP contribution in [0.5, 0.6) is 0 Å². The van der Waals surface area contributed by atoms with Gasteiger partial charge in [-0.2, -0.15) is 78.9 Å². The first-order chi connectivity index (χ1) is 16.7. The van der Waals surface area contributed by atoms with E-state index >= 15 is 0 Å². The maximum absolute atomic E-state index is 14.0. The van der Waals surface area contributed by atoms with Crippen LogP contribution in [0.3, 0.4) is 0 Å². The predicted molar refractivity (Wildman–Crippen MR) is 91.1 cm³/mol. The van der Waals surface area contributed by atoms with Crippen LogP contribution >= 0.6 is 0 Å². The SMILES string of the molecule is C/C(N)=C/C(=O)OCCN(C)S(=O)(=O)C(F)(F)C(F)(F)C(F)(F)C(F)(F)C(F)(F)C(F)(F)C(F)(F)C(F)(F)F. The zero-order valence-electron chi connectivity index (χ0n) is 18.5. The Hall–Kier alpha value is -2.27. The van der Waals surface area contributed by atoms with Gasteiger partial charge in [-0.05, 0) is 6.92 Å². The fraction of sp³-hybridized carbons (Fsp3) is 0.800. The summed E-state index contributed by atoms with van der Waals surface area (Å²) in [5.41, 5.74) is 4.76. The monoisotopic (exact) mass is 640 g/mol. The van der Waals surface area contributed by atoms with Gasteiger partial charge < -0.3 is 10.5 Å². The summed E-state index contributed by atoms with van der Waals surface area (Å²) in [6.45, 7) is -1.96. The molecule has 0 saturated carbocycles. The third kappa shape index (κ3) is 5.53. The minimum Gasteiger partial charge on any atom is -0.461 e. The van der Waals surface area contributed by atoms with Gasteiger partial charge in [0.1, 0.15) is 6.61 Å². The number of allylic oxidation sites excluding steroid dienone is 1. The molecule has 2 N–H and O–H groups in total.